The summed E-state index contributed by atoms with van der Waals surface area (Å²) in [7, 11) is 0. The van der Waals surface area contributed by atoms with E-state index in [2.05, 4.69) is 22.4 Å². The number of aliphatic carboxylic acids is 1. The second kappa shape index (κ2) is 8.87. The second-order valence-corrected chi connectivity index (χ2v) is 8.99. The van der Waals surface area contributed by atoms with Gasteiger partial charge in [-0.05, 0) is 54.2 Å². The molecular formula is C27H25N3O5. The van der Waals surface area contributed by atoms with Gasteiger partial charge in [0, 0.05) is 18.7 Å². The third-order valence-electron chi connectivity index (χ3n) is 6.94. The van der Waals surface area contributed by atoms with Gasteiger partial charge in [-0.25, -0.2) is 14.6 Å². The molecule has 8 heteroatoms. The van der Waals surface area contributed by atoms with Gasteiger partial charge in [0.1, 0.15) is 12.1 Å². The van der Waals surface area contributed by atoms with E-state index in [4.69, 9.17) is 4.74 Å². The number of anilines is 1. The number of fused-ring (bicyclic) bond motifs is 3. The number of aromatic nitrogens is 1. The van der Waals surface area contributed by atoms with E-state index in [-0.39, 0.29) is 23.9 Å². The molecule has 3 aromatic rings. The van der Waals surface area contributed by atoms with Crippen molar-refractivity contribution in [2.45, 2.75) is 31.2 Å². The SMILES string of the molecule is CC1(C(=O)O)CCCN1C(=O)c1ncccc1NC(=O)OCC1c2ccccc2-c2ccccc21. The van der Waals surface area contributed by atoms with E-state index in [0.717, 1.165) is 22.3 Å². The topological polar surface area (TPSA) is 109 Å². The summed E-state index contributed by atoms with van der Waals surface area (Å²) >= 11 is 0. The van der Waals surface area contributed by atoms with Gasteiger partial charge in [-0.3, -0.25) is 10.1 Å². The van der Waals surface area contributed by atoms with Crippen LogP contribution >= 0.6 is 0 Å². The van der Waals surface area contributed by atoms with Gasteiger partial charge >= 0.3 is 12.1 Å². The lowest BCUT2D eigenvalue weighted by molar-refractivity contribution is -0.147. The Balaban J connectivity index is 1.32. The van der Waals surface area contributed by atoms with E-state index >= 15 is 0 Å². The van der Waals surface area contributed by atoms with Crippen molar-refractivity contribution >= 4 is 23.7 Å². The number of ether oxygens (including phenoxy) is 1. The van der Waals surface area contributed by atoms with Crippen LogP contribution in [-0.4, -0.2) is 51.7 Å². The number of hydrogen-bond donors (Lipinski definition) is 2. The van der Waals surface area contributed by atoms with Gasteiger partial charge in [-0.2, -0.15) is 0 Å². The van der Waals surface area contributed by atoms with Gasteiger partial charge in [-0.1, -0.05) is 48.5 Å². The van der Waals surface area contributed by atoms with E-state index in [9.17, 15) is 19.5 Å². The molecule has 1 saturated heterocycles. The number of nitrogens with one attached hydrogen (secondary N) is 1. The molecule has 2 amide bonds. The highest BCUT2D eigenvalue weighted by Gasteiger charge is 2.46. The summed E-state index contributed by atoms with van der Waals surface area (Å²) in [6.45, 7) is 1.97. The molecule has 1 aromatic heterocycles. The smallest absolute Gasteiger partial charge is 0.411 e. The third-order valence-corrected chi connectivity index (χ3v) is 6.94. The fraction of sp³-hybridized carbons (Fsp3) is 0.259. The minimum absolute atomic E-state index is 0.0182. The molecule has 2 heterocycles. The number of hydrogen-bond acceptors (Lipinski definition) is 5. The quantitative estimate of drug-likeness (QED) is 0.566. The van der Waals surface area contributed by atoms with Crippen molar-refractivity contribution in [2.75, 3.05) is 18.5 Å². The molecule has 0 bridgehead atoms. The summed E-state index contributed by atoms with van der Waals surface area (Å²) in [5.41, 5.74) is 3.30. The van der Waals surface area contributed by atoms with Crippen molar-refractivity contribution in [3.63, 3.8) is 0 Å². The lowest BCUT2D eigenvalue weighted by Gasteiger charge is -2.31. The van der Waals surface area contributed by atoms with Crippen LogP contribution in [0.15, 0.2) is 66.9 Å². The minimum atomic E-state index is -1.31. The summed E-state index contributed by atoms with van der Waals surface area (Å²) in [6.07, 6.45) is 1.66. The molecule has 1 aliphatic heterocycles. The van der Waals surface area contributed by atoms with Gasteiger partial charge in [0.25, 0.3) is 5.91 Å². The van der Waals surface area contributed by atoms with Crippen molar-refractivity contribution in [3.8, 4) is 11.1 Å². The van der Waals surface area contributed by atoms with Gasteiger partial charge < -0.3 is 14.7 Å². The number of rotatable bonds is 5. The third kappa shape index (κ3) is 3.90. The second-order valence-electron chi connectivity index (χ2n) is 8.99. The fourth-order valence-corrected chi connectivity index (χ4v) is 5.06. The number of amides is 2. The van der Waals surface area contributed by atoms with Crippen molar-refractivity contribution in [3.05, 3.63) is 83.7 Å². The molecule has 0 saturated carbocycles. The number of nitrogens with zero attached hydrogens (tertiary/aromatic N) is 2. The predicted octanol–water partition coefficient (Wildman–Crippen LogP) is 4.52. The Labute approximate surface area is 202 Å². The van der Waals surface area contributed by atoms with E-state index in [1.54, 1.807) is 12.1 Å². The molecular weight excluding hydrogens is 446 g/mol. The first-order chi connectivity index (χ1) is 16.9. The van der Waals surface area contributed by atoms with Crippen LogP contribution in [0.1, 0.15) is 47.3 Å². The molecule has 0 radical (unpaired) electrons. The highest BCUT2D eigenvalue weighted by atomic mass is 16.5. The summed E-state index contributed by atoms with van der Waals surface area (Å²) < 4.78 is 5.59. The zero-order valence-corrected chi connectivity index (χ0v) is 19.2. The van der Waals surface area contributed by atoms with Crippen molar-refractivity contribution in [2.24, 2.45) is 0 Å². The Bertz CT molecular complexity index is 1280. The molecule has 2 aliphatic rings. The van der Waals surface area contributed by atoms with Crippen LogP contribution in [0.5, 0.6) is 0 Å². The Morgan fingerprint density at radius 3 is 2.37 bits per heavy atom. The number of carboxylic acid groups (broad SMARTS) is 1. The highest BCUT2D eigenvalue weighted by Crippen LogP contribution is 2.44. The predicted molar refractivity (Wildman–Crippen MR) is 129 cm³/mol. The lowest BCUT2D eigenvalue weighted by atomic mass is 9.98. The van der Waals surface area contributed by atoms with Crippen molar-refractivity contribution in [1.82, 2.24) is 9.88 Å². The number of pyridine rings is 1. The van der Waals surface area contributed by atoms with E-state index in [1.165, 1.54) is 18.0 Å². The van der Waals surface area contributed by atoms with Crippen molar-refractivity contribution in [1.29, 1.82) is 0 Å². The zero-order valence-electron chi connectivity index (χ0n) is 19.2. The summed E-state index contributed by atoms with van der Waals surface area (Å²) in [5.74, 6) is -1.70. The average Bonchev–Trinajstić information content (AvgIpc) is 3.42. The van der Waals surface area contributed by atoms with Crippen molar-refractivity contribution < 1.29 is 24.2 Å². The van der Waals surface area contributed by atoms with Crippen LogP contribution in [0.2, 0.25) is 0 Å². The molecule has 2 N–H and O–H groups in total. The lowest BCUT2D eigenvalue weighted by Crippen LogP contribution is -2.51. The zero-order chi connectivity index (χ0) is 24.6. The maximum Gasteiger partial charge on any atom is 0.411 e. The molecule has 8 nitrogen and oxygen atoms in total. The number of benzene rings is 2. The number of likely N-dealkylation sites (tertiary alicyclic amines) is 1. The summed E-state index contributed by atoms with van der Waals surface area (Å²) in [6, 6.07) is 19.2. The van der Waals surface area contributed by atoms with E-state index in [0.29, 0.717) is 19.4 Å². The van der Waals surface area contributed by atoms with Gasteiger partial charge in [0.05, 0.1) is 5.69 Å². The maximum absolute atomic E-state index is 13.2. The summed E-state index contributed by atoms with van der Waals surface area (Å²) in [5, 5.41) is 12.3. The minimum Gasteiger partial charge on any atom is -0.480 e. The molecule has 1 unspecified atom stereocenters. The van der Waals surface area contributed by atoms with Gasteiger partial charge in [0.2, 0.25) is 0 Å². The average molecular weight is 472 g/mol. The van der Waals surface area contributed by atoms with Crippen LogP contribution in [0.25, 0.3) is 11.1 Å². The first-order valence-corrected chi connectivity index (χ1v) is 11.5. The Kier molecular flexibility index (Phi) is 5.72. The van der Waals surface area contributed by atoms with Crippen LogP contribution < -0.4 is 5.32 Å². The molecule has 35 heavy (non-hydrogen) atoms. The van der Waals surface area contributed by atoms with E-state index in [1.807, 2.05) is 36.4 Å². The molecule has 1 fully saturated rings. The Morgan fingerprint density at radius 2 is 1.71 bits per heavy atom. The molecule has 1 atom stereocenters. The largest absolute Gasteiger partial charge is 0.480 e. The molecule has 5 rings (SSSR count). The Morgan fingerprint density at radius 1 is 1.06 bits per heavy atom. The Hall–Kier alpha value is -4.20. The highest BCUT2D eigenvalue weighted by molar-refractivity contribution is 6.03. The van der Waals surface area contributed by atoms with Crippen LogP contribution in [0.4, 0.5) is 10.5 Å². The standard InChI is InChI=1S/C27H25N3O5/c1-27(25(32)33)13-7-15-30(27)24(31)23-22(12-6-14-28-23)29-26(34)35-16-21-19-10-4-2-8-17(19)18-9-3-5-11-20(18)21/h2-6,8-12,14,21H,7,13,15-16H2,1H3,(H,29,34)(H,32,33). The molecule has 178 valence electrons. The first-order valence-electron chi connectivity index (χ1n) is 11.5. The van der Waals surface area contributed by atoms with Crippen LogP contribution in [0, 0.1) is 0 Å². The number of carbonyl (C=O) groups excluding carboxylic acids is 2. The normalized spacial score (nSPS) is 18.6. The number of carboxylic acids is 1. The fourth-order valence-electron chi connectivity index (χ4n) is 5.06. The number of carbonyl (C=O) groups is 3. The maximum atomic E-state index is 13.2. The van der Waals surface area contributed by atoms with Gasteiger partial charge in [0.15, 0.2) is 5.69 Å². The van der Waals surface area contributed by atoms with E-state index < -0.39 is 23.5 Å². The molecule has 1 aliphatic carbocycles. The monoisotopic (exact) mass is 471 g/mol. The molecule has 0 spiro atoms. The van der Waals surface area contributed by atoms with Crippen LogP contribution in [-0.2, 0) is 9.53 Å². The van der Waals surface area contributed by atoms with Gasteiger partial charge in [-0.15, -0.1) is 0 Å². The summed E-state index contributed by atoms with van der Waals surface area (Å²) in [4.78, 5) is 43.2. The van der Waals surface area contributed by atoms with Crippen LogP contribution in [0.3, 0.4) is 0 Å². The first kappa shape index (κ1) is 22.6. The molecule has 2 aromatic carbocycles.